The highest BCUT2D eigenvalue weighted by atomic mass is 19.4. The van der Waals surface area contributed by atoms with Crippen molar-refractivity contribution < 1.29 is 40.7 Å². The summed E-state index contributed by atoms with van der Waals surface area (Å²) in [6, 6.07) is 0. The van der Waals surface area contributed by atoms with Gasteiger partial charge in [0.15, 0.2) is 6.29 Å². The van der Waals surface area contributed by atoms with E-state index in [1.165, 1.54) is 0 Å². The van der Waals surface area contributed by atoms with E-state index >= 15 is 0 Å². The summed E-state index contributed by atoms with van der Waals surface area (Å²) in [4.78, 5) is 4.63. The molecule has 0 aliphatic rings. The topological polar surface area (TPSA) is 39.7 Å². The van der Waals surface area contributed by atoms with Crippen molar-refractivity contribution in [2.45, 2.75) is 32.0 Å². The monoisotopic (exact) mass is 299 g/mol. The summed E-state index contributed by atoms with van der Waals surface area (Å²) in [6.45, 7) is -1.83. The first kappa shape index (κ1) is 18.4. The molecule has 0 spiro atoms. The van der Waals surface area contributed by atoms with Gasteiger partial charge in [0.1, 0.15) is 19.8 Å². The van der Waals surface area contributed by atoms with Crippen molar-refractivity contribution in [2.24, 2.45) is 0 Å². The van der Waals surface area contributed by atoms with E-state index in [-0.39, 0.29) is 0 Å². The van der Waals surface area contributed by atoms with Crippen LogP contribution in [0.3, 0.4) is 0 Å². The molecule has 19 heavy (non-hydrogen) atoms. The van der Waals surface area contributed by atoms with Crippen molar-refractivity contribution in [3.8, 4) is 0 Å². The third-order valence-corrected chi connectivity index (χ3v) is 1.54. The lowest BCUT2D eigenvalue weighted by atomic mass is 10.5. The number of hydroxylamine groups is 1. The maximum Gasteiger partial charge on any atom is 0.411 e. The second-order valence-corrected chi connectivity index (χ2v) is 3.49. The van der Waals surface area contributed by atoms with E-state index in [0.29, 0.717) is 13.0 Å². The van der Waals surface area contributed by atoms with Gasteiger partial charge in [-0.2, -0.15) is 26.3 Å². The van der Waals surface area contributed by atoms with E-state index < -0.39 is 38.5 Å². The van der Waals surface area contributed by atoms with Crippen molar-refractivity contribution >= 4 is 0 Å². The Kier molecular flexibility index (Phi) is 8.30. The second-order valence-electron chi connectivity index (χ2n) is 3.49. The van der Waals surface area contributed by atoms with Crippen molar-refractivity contribution in [1.29, 1.82) is 0 Å². The zero-order valence-electron chi connectivity index (χ0n) is 10.1. The summed E-state index contributed by atoms with van der Waals surface area (Å²) in [5.74, 6) is 0. The molecule has 0 aliphatic heterocycles. The number of rotatable bonds is 9. The smallest absolute Gasteiger partial charge is 0.341 e. The van der Waals surface area contributed by atoms with E-state index in [0.717, 1.165) is 0 Å². The highest BCUT2D eigenvalue weighted by molar-refractivity contribution is 4.52. The van der Waals surface area contributed by atoms with Crippen LogP contribution in [0.25, 0.3) is 0 Å². The summed E-state index contributed by atoms with van der Waals surface area (Å²) in [7, 11) is 0. The standard InChI is InChI=1S/C9H15F6NO3/c1-2-3-16-19-4-7(17-5-8(10,11)12)18-6-9(13,14)15/h7,16H,2-6H2,1H3. The highest BCUT2D eigenvalue weighted by Crippen LogP contribution is 2.18. The first-order valence-electron chi connectivity index (χ1n) is 5.35. The summed E-state index contributed by atoms with van der Waals surface area (Å²) in [5, 5.41) is 0. The number of hydrogen-bond acceptors (Lipinski definition) is 4. The minimum absolute atomic E-state index is 0.394. The lowest BCUT2D eigenvalue weighted by molar-refractivity contribution is -0.271. The van der Waals surface area contributed by atoms with Crippen LogP contribution < -0.4 is 5.48 Å². The minimum atomic E-state index is -4.66. The first-order valence-corrected chi connectivity index (χ1v) is 5.35. The third kappa shape index (κ3) is 13.6. The summed E-state index contributed by atoms with van der Waals surface area (Å²) < 4.78 is 79.6. The Bertz CT molecular complexity index is 215. The SMILES string of the molecule is CCCNOCC(OCC(F)(F)F)OCC(F)(F)F. The molecule has 4 nitrogen and oxygen atoms in total. The van der Waals surface area contributed by atoms with E-state index in [1.54, 1.807) is 6.92 Å². The van der Waals surface area contributed by atoms with Crippen LogP contribution in [-0.4, -0.2) is 45.0 Å². The van der Waals surface area contributed by atoms with Gasteiger partial charge in [-0.15, -0.1) is 0 Å². The molecule has 10 heteroatoms. The molecule has 0 heterocycles. The average Bonchev–Trinajstić information content (AvgIpc) is 2.24. The lowest BCUT2D eigenvalue weighted by Crippen LogP contribution is -2.34. The quantitative estimate of drug-likeness (QED) is 0.307. The van der Waals surface area contributed by atoms with Crippen LogP contribution in [0.1, 0.15) is 13.3 Å². The van der Waals surface area contributed by atoms with Crippen molar-refractivity contribution in [2.75, 3.05) is 26.4 Å². The van der Waals surface area contributed by atoms with Crippen LogP contribution in [0, 0.1) is 0 Å². The zero-order valence-corrected chi connectivity index (χ0v) is 10.1. The van der Waals surface area contributed by atoms with E-state index in [4.69, 9.17) is 0 Å². The minimum Gasteiger partial charge on any atom is -0.341 e. The van der Waals surface area contributed by atoms with Crippen molar-refractivity contribution in [3.05, 3.63) is 0 Å². The molecule has 0 aromatic carbocycles. The Hall–Kier alpha value is -0.580. The molecule has 0 saturated carbocycles. The molecule has 0 amide bonds. The van der Waals surface area contributed by atoms with Gasteiger partial charge in [-0.3, -0.25) is 4.84 Å². The molecular formula is C9H15F6NO3. The van der Waals surface area contributed by atoms with Crippen LogP contribution in [0.4, 0.5) is 26.3 Å². The van der Waals surface area contributed by atoms with E-state index in [9.17, 15) is 26.3 Å². The Morgan fingerprint density at radius 1 is 0.947 bits per heavy atom. The number of alkyl halides is 6. The summed E-state index contributed by atoms with van der Waals surface area (Å²) in [6.07, 6.45) is -10.4. The van der Waals surface area contributed by atoms with Crippen LogP contribution in [0.2, 0.25) is 0 Å². The van der Waals surface area contributed by atoms with E-state index in [1.807, 2.05) is 0 Å². The molecular weight excluding hydrogens is 284 g/mol. The molecule has 0 bridgehead atoms. The fourth-order valence-corrected chi connectivity index (χ4v) is 0.820. The van der Waals surface area contributed by atoms with Crippen LogP contribution in [0.5, 0.6) is 0 Å². The van der Waals surface area contributed by atoms with Gasteiger partial charge in [0.25, 0.3) is 0 Å². The normalized spacial score (nSPS) is 13.3. The average molecular weight is 299 g/mol. The molecule has 0 unspecified atom stereocenters. The molecule has 0 aromatic rings. The van der Waals surface area contributed by atoms with Gasteiger partial charge in [-0.25, -0.2) is 5.48 Å². The van der Waals surface area contributed by atoms with Crippen LogP contribution in [-0.2, 0) is 14.3 Å². The Labute approximate surface area is 105 Å². The fraction of sp³-hybridized carbons (Fsp3) is 1.00. The van der Waals surface area contributed by atoms with E-state index in [2.05, 4.69) is 19.8 Å². The molecule has 0 rings (SSSR count). The summed E-state index contributed by atoms with van der Waals surface area (Å²) in [5.41, 5.74) is 2.34. The van der Waals surface area contributed by atoms with Crippen LogP contribution >= 0.6 is 0 Å². The van der Waals surface area contributed by atoms with Gasteiger partial charge in [0.05, 0.1) is 0 Å². The Morgan fingerprint density at radius 3 is 1.79 bits per heavy atom. The number of halogens is 6. The van der Waals surface area contributed by atoms with Gasteiger partial charge in [-0.05, 0) is 6.42 Å². The molecule has 0 fully saturated rings. The lowest BCUT2D eigenvalue weighted by Gasteiger charge is -2.20. The maximum absolute atomic E-state index is 11.9. The second kappa shape index (κ2) is 8.56. The molecule has 0 atom stereocenters. The molecule has 0 radical (unpaired) electrons. The van der Waals surface area contributed by atoms with Crippen molar-refractivity contribution in [1.82, 2.24) is 5.48 Å². The molecule has 0 aromatic heterocycles. The number of ether oxygens (including phenoxy) is 2. The zero-order chi connectivity index (χ0) is 14.9. The maximum atomic E-state index is 11.9. The predicted octanol–water partition coefficient (Wildman–Crippen LogP) is 2.40. The molecule has 116 valence electrons. The highest BCUT2D eigenvalue weighted by Gasteiger charge is 2.33. The molecule has 0 saturated heterocycles. The number of hydrogen-bond donors (Lipinski definition) is 1. The van der Waals surface area contributed by atoms with Gasteiger partial charge in [0, 0.05) is 6.54 Å². The van der Waals surface area contributed by atoms with Crippen LogP contribution in [0.15, 0.2) is 0 Å². The third-order valence-electron chi connectivity index (χ3n) is 1.54. The Morgan fingerprint density at radius 2 is 1.42 bits per heavy atom. The predicted molar refractivity (Wildman–Crippen MR) is 52.0 cm³/mol. The van der Waals surface area contributed by atoms with Gasteiger partial charge < -0.3 is 9.47 Å². The fourth-order valence-electron chi connectivity index (χ4n) is 0.820. The molecule has 0 aliphatic carbocycles. The Balaban J connectivity index is 4.07. The summed E-state index contributed by atoms with van der Waals surface area (Å²) >= 11 is 0. The largest absolute Gasteiger partial charge is 0.411 e. The van der Waals surface area contributed by atoms with Gasteiger partial charge in [0.2, 0.25) is 0 Å². The number of nitrogens with one attached hydrogen (secondary N) is 1. The molecule has 1 N–H and O–H groups in total. The van der Waals surface area contributed by atoms with Gasteiger partial charge in [-0.1, -0.05) is 6.92 Å². The van der Waals surface area contributed by atoms with Crippen molar-refractivity contribution in [3.63, 3.8) is 0 Å². The van der Waals surface area contributed by atoms with Gasteiger partial charge >= 0.3 is 12.4 Å². The first-order chi connectivity index (χ1) is 8.64.